The standard InChI is InChI=1S/C8H11BrClF/c1-3-8(11)7(10)4-6(2)5-9/h3,6H,1,4-5H2,2H3/b8-7-. The summed E-state index contributed by atoms with van der Waals surface area (Å²) >= 11 is 8.90. The van der Waals surface area contributed by atoms with Crippen molar-refractivity contribution < 1.29 is 4.39 Å². The number of hydrogen-bond donors (Lipinski definition) is 0. The van der Waals surface area contributed by atoms with Gasteiger partial charge in [0.15, 0.2) is 0 Å². The van der Waals surface area contributed by atoms with E-state index < -0.39 is 5.83 Å². The molecule has 3 heteroatoms. The molecule has 1 atom stereocenters. The van der Waals surface area contributed by atoms with Crippen molar-refractivity contribution in [3.63, 3.8) is 0 Å². The van der Waals surface area contributed by atoms with E-state index in [1.54, 1.807) is 0 Å². The molecule has 0 aromatic rings. The van der Waals surface area contributed by atoms with E-state index in [1.165, 1.54) is 0 Å². The molecule has 0 N–H and O–H groups in total. The maximum absolute atomic E-state index is 12.6. The van der Waals surface area contributed by atoms with Gasteiger partial charge < -0.3 is 0 Å². The van der Waals surface area contributed by atoms with Gasteiger partial charge in [0.2, 0.25) is 0 Å². The van der Waals surface area contributed by atoms with Crippen molar-refractivity contribution in [2.75, 3.05) is 5.33 Å². The van der Waals surface area contributed by atoms with Crippen LogP contribution in [0.2, 0.25) is 0 Å². The first-order valence-corrected chi connectivity index (χ1v) is 4.84. The third kappa shape index (κ3) is 4.59. The Morgan fingerprint density at radius 2 is 2.36 bits per heavy atom. The first-order chi connectivity index (χ1) is 5.11. The molecule has 0 aliphatic carbocycles. The van der Waals surface area contributed by atoms with Crippen molar-refractivity contribution >= 4 is 27.5 Å². The van der Waals surface area contributed by atoms with Crippen LogP contribution in [0.3, 0.4) is 0 Å². The summed E-state index contributed by atoms with van der Waals surface area (Å²) in [6.45, 7) is 5.28. The van der Waals surface area contributed by atoms with E-state index in [4.69, 9.17) is 11.6 Å². The Morgan fingerprint density at radius 1 is 1.82 bits per heavy atom. The summed E-state index contributed by atoms with van der Waals surface area (Å²) in [5.74, 6) is -0.0623. The molecular weight excluding hydrogens is 230 g/mol. The molecule has 0 saturated carbocycles. The van der Waals surface area contributed by atoms with Crippen LogP contribution < -0.4 is 0 Å². The molecular formula is C8H11BrClF. The van der Waals surface area contributed by atoms with Crippen LogP contribution >= 0.6 is 27.5 Å². The highest BCUT2D eigenvalue weighted by molar-refractivity contribution is 9.09. The maximum atomic E-state index is 12.6. The largest absolute Gasteiger partial charge is 0.206 e. The molecule has 0 rings (SSSR count). The van der Waals surface area contributed by atoms with Crippen LogP contribution in [0.1, 0.15) is 13.3 Å². The minimum Gasteiger partial charge on any atom is -0.206 e. The highest BCUT2D eigenvalue weighted by Gasteiger charge is 2.05. The summed E-state index contributed by atoms with van der Waals surface area (Å²) in [6.07, 6.45) is 1.69. The van der Waals surface area contributed by atoms with E-state index in [0.717, 1.165) is 11.4 Å². The third-order valence-electron chi connectivity index (χ3n) is 1.23. The molecule has 0 aromatic carbocycles. The average Bonchev–Trinajstić information content (AvgIpc) is 2.02. The first-order valence-electron chi connectivity index (χ1n) is 3.34. The van der Waals surface area contributed by atoms with Gasteiger partial charge in [-0.1, -0.05) is 41.0 Å². The lowest BCUT2D eigenvalue weighted by atomic mass is 10.1. The van der Waals surface area contributed by atoms with E-state index in [1.807, 2.05) is 6.92 Å². The Hall–Kier alpha value is 0.180. The molecule has 64 valence electrons. The fraction of sp³-hybridized carbons (Fsp3) is 0.500. The molecule has 11 heavy (non-hydrogen) atoms. The summed E-state index contributed by atoms with van der Waals surface area (Å²) in [6, 6.07) is 0. The molecule has 0 nitrogen and oxygen atoms in total. The molecule has 0 aromatic heterocycles. The van der Waals surface area contributed by atoms with Gasteiger partial charge in [-0.15, -0.1) is 0 Å². The van der Waals surface area contributed by atoms with Crippen LogP contribution in [0, 0.1) is 5.92 Å². The Bertz CT molecular complexity index is 165. The van der Waals surface area contributed by atoms with E-state index in [2.05, 4.69) is 22.5 Å². The van der Waals surface area contributed by atoms with Crippen molar-refractivity contribution in [2.24, 2.45) is 5.92 Å². The van der Waals surface area contributed by atoms with E-state index in [-0.39, 0.29) is 5.03 Å². The van der Waals surface area contributed by atoms with Crippen LogP contribution in [0.5, 0.6) is 0 Å². The molecule has 0 spiro atoms. The smallest absolute Gasteiger partial charge is 0.137 e. The van der Waals surface area contributed by atoms with Crippen LogP contribution in [0.4, 0.5) is 4.39 Å². The highest BCUT2D eigenvalue weighted by Crippen LogP contribution is 2.21. The van der Waals surface area contributed by atoms with E-state index in [0.29, 0.717) is 12.3 Å². The monoisotopic (exact) mass is 240 g/mol. The molecule has 0 bridgehead atoms. The molecule has 1 unspecified atom stereocenters. The van der Waals surface area contributed by atoms with Gasteiger partial charge >= 0.3 is 0 Å². The summed E-state index contributed by atoms with van der Waals surface area (Å²) in [4.78, 5) is 0. The van der Waals surface area contributed by atoms with Crippen molar-refractivity contribution in [2.45, 2.75) is 13.3 Å². The Kier molecular flexibility index (Phi) is 5.88. The molecule has 0 amide bonds. The summed E-state index contributed by atoms with van der Waals surface area (Å²) in [7, 11) is 0. The summed E-state index contributed by atoms with van der Waals surface area (Å²) in [5, 5.41) is 1.08. The minimum atomic E-state index is -0.417. The highest BCUT2D eigenvalue weighted by atomic mass is 79.9. The predicted molar refractivity (Wildman–Crippen MR) is 51.8 cm³/mol. The van der Waals surface area contributed by atoms with Gasteiger partial charge in [-0.05, 0) is 18.4 Å². The molecule has 0 aliphatic heterocycles. The van der Waals surface area contributed by atoms with Gasteiger partial charge in [-0.3, -0.25) is 0 Å². The topological polar surface area (TPSA) is 0 Å². The molecule has 0 radical (unpaired) electrons. The van der Waals surface area contributed by atoms with E-state index >= 15 is 0 Å². The molecule has 0 saturated heterocycles. The lowest BCUT2D eigenvalue weighted by Crippen LogP contribution is -1.95. The Labute approximate surface area is 80.3 Å². The number of hydrogen-bond acceptors (Lipinski definition) is 0. The summed E-state index contributed by atoms with van der Waals surface area (Å²) in [5.41, 5.74) is 0. The lowest BCUT2D eigenvalue weighted by Gasteiger charge is -2.05. The zero-order chi connectivity index (χ0) is 8.85. The van der Waals surface area contributed by atoms with Crippen molar-refractivity contribution in [1.82, 2.24) is 0 Å². The number of halogens is 3. The first kappa shape index (κ1) is 11.2. The zero-order valence-electron chi connectivity index (χ0n) is 6.41. The van der Waals surface area contributed by atoms with Gasteiger partial charge in [0.1, 0.15) is 5.83 Å². The van der Waals surface area contributed by atoms with Crippen LogP contribution in [-0.2, 0) is 0 Å². The van der Waals surface area contributed by atoms with Crippen molar-refractivity contribution in [3.8, 4) is 0 Å². The number of alkyl halides is 1. The van der Waals surface area contributed by atoms with Gasteiger partial charge in [0, 0.05) is 5.33 Å². The van der Waals surface area contributed by atoms with Gasteiger partial charge in [0.25, 0.3) is 0 Å². The SMILES string of the molecule is C=C/C(F)=C(/Cl)CC(C)CBr. The molecule has 0 heterocycles. The third-order valence-corrected chi connectivity index (χ3v) is 2.67. The Balaban J connectivity index is 4.04. The van der Waals surface area contributed by atoms with Crippen LogP contribution in [-0.4, -0.2) is 5.33 Å². The predicted octanol–water partition coefficient (Wildman–Crippen LogP) is 4.01. The number of rotatable bonds is 4. The average molecular weight is 242 g/mol. The fourth-order valence-electron chi connectivity index (χ4n) is 0.569. The van der Waals surface area contributed by atoms with Gasteiger partial charge in [-0.25, -0.2) is 4.39 Å². The number of allylic oxidation sites excluding steroid dienone is 3. The van der Waals surface area contributed by atoms with Crippen LogP contribution in [0.25, 0.3) is 0 Å². The maximum Gasteiger partial charge on any atom is 0.137 e. The molecule has 0 aliphatic rings. The second kappa shape index (κ2) is 5.78. The molecule has 0 fully saturated rings. The second-order valence-corrected chi connectivity index (χ2v) is 3.52. The van der Waals surface area contributed by atoms with Crippen molar-refractivity contribution in [1.29, 1.82) is 0 Å². The van der Waals surface area contributed by atoms with Gasteiger partial charge in [-0.2, -0.15) is 0 Å². The lowest BCUT2D eigenvalue weighted by molar-refractivity contribution is 0.621. The van der Waals surface area contributed by atoms with Crippen molar-refractivity contribution in [3.05, 3.63) is 23.5 Å². The van der Waals surface area contributed by atoms with Crippen LogP contribution in [0.15, 0.2) is 23.5 Å². The summed E-state index contributed by atoms with van der Waals surface area (Å²) < 4.78 is 12.6. The van der Waals surface area contributed by atoms with E-state index in [9.17, 15) is 4.39 Å². The Morgan fingerprint density at radius 3 is 2.73 bits per heavy atom. The normalized spacial score (nSPS) is 15.6. The fourth-order valence-corrected chi connectivity index (χ4v) is 1.14. The minimum absolute atomic E-state index is 0.256. The second-order valence-electron chi connectivity index (χ2n) is 2.42. The van der Waals surface area contributed by atoms with Gasteiger partial charge in [0.05, 0.1) is 5.03 Å². The quantitative estimate of drug-likeness (QED) is 0.515. The zero-order valence-corrected chi connectivity index (χ0v) is 8.75.